The number of carboxylic acid groups (broad SMARTS) is 1. The van der Waals surface area contributed by atoms with Crippen molar-refractivity contribution in [2.45, 2.75) is 0 Å². The van der Waals surface area contributed by atoms with Crippen LogP contribution in [0.5, 0.6) is 0 Å². The standard InChI is InChI=1S/C10H8N2O3/c13-9(14)7-1-3-8(4-2-7)12-6-5-11-10(12)15/h1-6H,(H,11,15)(H,13,14). The maximum atomic E-state index is 11.2. The highest BCUT2D eigenvalue weighted by molar-refractivity contribution is 5.87. The number of aromatic amines is 1. The molecule has 0 spiro atoms. The van der Waals surface area contributed by atoms with Gasteiger partial charge in [0.2, 0.25) is 0 Å². The van der Waals surface area contributed by atoms with Crippen LogP contribution in [-0.4, -0.2) is 20.6 Å². The average Bonchev–Trinajstić information content (AvgIpc) is 2.65. The molecule has 0 saturated heterocycles. The third kappa shape index (κ3) is 1.67. The molecule has 1 aromatic heterocycles. The zero-order valence-electron chi connectivity index (χ0n) is 7.68. The van der Waals surface area contributed by atoms with Crippen molar-refractivity contribution in [1.29, 1.82) is 0 Å². The van der Waals surface area contributed by atoms with Crippen molar-refractivity contribution in [3.63, 3.8) is 0 Å². The van der Waals surface area contributed by atoms with E-state index in [1.165, 1.54) is 22.9 Å². The van der Waals surface area contributed by atoms with Crippen molar-refractivity contribution >= 4 is 5.97 Å². The van der Waals surface area contributed by atoms with Crippen molar-refractivity contribution in [3.05, 3.63) is 52.7 Å². The summed E-state index contributed by atoms with van der Waals surface area (Å²) in [4.78, 5) is 24.3. The molecule has 2 N–H and O–H groups in total. The fraction of sp³-hybridized carbons (Fsp3) is 0. The number of hydrogen-bond acceptors (Lipinski definition) is 2. The monoisotopic (exact) mass is 204 g/mol. The van der Waals surface area contributed by atoms with E-state index in [0.717, 1.165) is 0 Å². The SMILES string of the molecule is O=C(O)c1ccc(-n2cc[nH]c2=O)cc1. The zero-order valence-corrected chi connectivity index (χ0v) is 7.68. The van der Waals surface area contributed by atoms with Gasteiger partial charge in [-0.15, -0.1) is 0 Å². The molecule has 5 nitrogen and oxygen atoms in total. The van der Waals surface area contributed by atoms with Crippen molar-refractivity contribution in [2.24, 2.45) is 0 Å². The van der Waals surface area contributed by atoms with Gasteiger partial charge in [0.15, 0.2) is 0 Å². The number of nitrogens with one attached hydrogen (secondary N) is 1. The fourth-order valence-electron chi connectivity index (χ4n) is 1.29. The summed E-state index contributed by atoms with van der Waals surface area (Å²) in [6.07, 6.45) is 3.10. The average molecular weight is 204 g/mol. The largest absolute Gasteiger partial charge is 0.478 e. The topological polar surface area (TPSA) is 75.1 Å². The second-order valence-corrected chi connectivity index (χ2v) is 2.99. The van der Waals surface area contributed by atoms with Gasteiger partial charge in [-0.05, 0) is 24.3 Å². The van der Waals surface area contributed by atoms with Gasteiger partial charge in [0.1, 0.15) is 0 Å². The number of hydrogen-bond donors (Lipinski definition) is 2. The van der Waals surface area contributed by atoms with Gasteiger partial charge in [-0.2, -0.15) is 0 Å². The Morgan fingerprint density at radius 1 is 1.27 bits per heavy atom. The summed E-state index contributed by atoms with van der Waals surface area (Å²) in [6.45, 7) is 0. The van der Waals surface area contributed by atoms with E-state index in [9.17, 15) is 9.59 Å². The van der Waals surface area contributed by atoms with E-state index in [1.807, 2.05) is 0 Å². The Labute approximate surface area is 84.6 Å². The van der Waals surface area contributed by atoms with Gasteiger partial charge < -0.3 is 10.1 Å². The van der Waals surface area contributed by atoms with Gasteiger partial charge in [0, 0.05) is 12.4 Å². The summed E-state index contributed by atoms with van der Waals surface area (Å²) in [6, 6.07) is 6.07. The maximum absolute atomic E-state index is 11.2. The van der Waals surface area contributed by atoms with Crippen molar-refractivity contribution in [2.75, 3.05) is 0 Å². The van der Waals surface area contributed by atoms with Crippen LogP contribution in [-0.2, 0) is 0 Å². The lowest BCUT2D eigenvalue weighted by Crippen LogP contribution is -2.13. The molecule has 0 atom stereocenters. The smallest absolute Gasteiger partial charge is 0.335 e. The molecule has 1 heterocycles. The van der Waals surface area contributed by atoms with E-state index in [4.69, 9.17) is 5.11 Å². The number of carboxylic acids is 1. The van der Waals surface area contributed by atoms with E-state index in [-0.39, 0.29) is 11.3 Å². The lowest BCUT2D eigenvalue weighted by atomic mass is 10.2. The molecule has 0 saturated carbocycles. The van der Waals surface area contributed by atoms with Gasteiger partial charge in [-0.25, -0.2) is 9.59 Å². The molecule has 15 heavy (non-hydrogen) atoms. The van der Waals surface area contributed by atoms with Crippen LogP contribution in [0, 0.1) is 0 Å². The Bertz CT molecular complexity index is 536. The van der Waals surface area contributed by atoms with E-state index in [0.29, 0.717) is 5.69 Å². The van der Waals surface area contributed by atoms with E-state index < -0.39 is 5.97 Å². The Balaban J connectivity index is 2.44. The van der Waals surface area contributed by atoms with Crippen molar-refractivity contribution < 1.29 is 9.90 Å². The second-order valence-electron chi connectivity index (χ2n) is 2.99. The first-order valence-corrected chi connectivity index (χ1v) is 4.28. The molecular formula is C10H8N2O3. The number of aromatic carboxylic acids is 1. The minimum Gasteiger partial charge on any atom is -0.478 e. The highest BCUT2D eigenvalue weighted by Crippen LogP contribution is 2.07. The summed E-state index contributed by atoms with van der Waals surface area (Å²) in [7, 11) is 0. The quantitative estimate of drug-likeness (QED) is 0.761. The maximum Gasteiger partial charge on any atom is 0.335 e. The van der Waals surface area contributed by atoms with Gasteiger partial charge in [-0.1, -0.05) is 0 Å². The molecule has 0 aliphatic rings. The minimum absolute atomic E-state index is 0.197. The third-order valence-corrected chi connectivity index (χ3v) is 2.04. The Morgan fingerprint density at radius 2 is 1.93 bits per heavy atom. The first-order chi connectivity index (χ1) is 7.18. The highest BCUT2D eigenvalue weighted by atomic mass is 16.4. The predicted molar refractivity (Wildman–Crippen MR) is 53.3 cm³/mol. The summed E-state index contributed by atoms with van der Waals surface area (Å²) in [5.41, 5.74) is 0.576. The predicted octanol–water partition coefficient (Wildman–Crippen LogP) is 0.864. The summed E-state index contributed by atoms with van der Waals surface area (Å²) < 4.78 is 1.39. The molecule has 0 amide bonds. The number of carbonyl (C=O) groups is 1. The summed E-state index contributed by atoms with van der Waals surface area (Å²) in [5.74, 6) is -0.983. The number of rotatable bonds is 2. The fourth-order valence-corrected chi connectivity index (χ4v) is 1.29. The lowest BCUT2D eigenvalue weighted by molar-refractivity contribution is 0.0697. The Hall–Kier alpha value is -2.30. The molecule has 5 heteroatoms. The van der Waals surface area contributed by atoms with Crippen molar-refractivity contribution in [3.8, 4) is 5.69 Å². The van der Waals surface area contributed by atoms with Crippen LogP contribution in [0.2, 0.25) is 0 Å². The minimum atomic E-state index is -0.983. The van der Waals surface area contributed by atoms with Crippen LogP contribution < -0.4 is 5.69 Å². The van der Waals surface area contributed by atoms with Gasteiger partial charge in [0.25, 0.3) is 0 Å². The van der Waals surface area contributed by atoms with Crippen LogP contribution in [0.4, 0.5) is 0 Å². The van der Waals surface area contributed by atoms with Crippen LogP contribution in [0.3, 0.4) is 0 Å². The number of benzene rings is 1. The molecule has 0 unspecified atom stereocenters. The Kier molecular flexibility index (Phi) is 2.13. The summed E-state index contributed by atoms with van der Waals surface area (Å²) >= 11 is 0. The molecular weight excluding hydrogens is 196 g/mol. The number of nitrogens with zero attached hydrogens (tertiary/aromatic N) is 1. The molecule has 1 aromatic carbocycles. The number of imidazole rings is 1. The molecule has 76 valence electrons. The molecule has 0 radical (unpaired) electrons. The zero-order chi connectivity index (χ0) is 10.8. The van der Waals surface area contributed by atoms with Crippen LogP contribution in [0.25, 0.3) is 5.69 Å². The highest BCUT2D eigenvalue weighted by Gasteiger charge is 2.03. The summed E-state index contributed by atoms with van der Waals surface area (Å²) in [5, 5.41) is 8.69. The van der Waals surface area contributed by atoms with Gasteiger partial charge in [0.05, 0.1) is 11.3 Å². The third-order valence-electron chi connectivity index (χ3n) is 2.04. The molecule has 0 bridgehead atoms. The van der Waals surface area contributed by atoms with Gasteiger partial charge >= 0.3 is 11.7 Å². The van der Waals surface area contributed by atoms with E-state index in [2.05, 4.69) is 4.98 Å². The van der Waals surface area contributed by atoms with Crippen LogP contribution in [0.1, 0.15) is 10.4 Å². The molecule has 0 aliphatic carbocycles. The molecule has 2 rings (SSSR count). The van der Waals surface area contributed by atoms with E-state index in [1.54, 1.807) is 18.3 Å². The lowest BCUT2D eigenvalue weighted by Gasteiger charge is -2.00. The number of H-pyrrole nitrogens is 1. The van der Waals surface area contributed by atoms with Crippen molar-refractivity contribution in [1.82, 2.24) is 9.55 Å². The first kappa shape index (κ1) is 9.26. The molecule has 0 fully saturated rings. The van der Waals surface area contributed by atoms with Crippen LogP contribution in [0.15, 0.2) is 41.5 Å². The Morgan fingerprint density at radius 3 is 2.40 bits per heavy atom. The normalized spacial score (nSPS) is 10.1. The molecule has 0 aliphatic heterocycles. The van der Waals surface area contributed by atoms with E-state index >= 15 is 0 Å². The van der Waals surface area contributed by atoms with Gasteiger partial charge in [-0.3, -0.25) is 4.57 Å². The first-order valence-electron chi connectivity index (χ1n) is 4.28. The second kappa shape index (κ2) is 3.45. The number of aromatic nitrogens is 2. The van der Waals surface area contributed by atoms with Crippen LogP contribution >= 0.6 is 0 Å². The molecule has 2 aromatic rings.